The molecular weight excluding hydrogens is 272 g/mol. The van der Waals surface area contributed by atoms with Crippen molar-refractivity contribution in [3.63, 3.8) is 0 Å². The number of hydrogen-bond acceptors (Lipinski definition) is 4. The molecule has 1 heterocycles. The molecule has 4 nitrogen and oxygen atoms in total. The average Bonchev–Trinajstić information content (AvgIpc) is 3.00. The van der Waals surface area contributed by atoms with Crippen LogP contribution >= 0.6 is 11.3 Å². The molecule has 1 amide bonds. The van der Waals surface area contributed by atoms with E-state index in [2.05, 4.69) is 5.43 Å². The summed E-state index contributed by atoms with van der Waals surface area (Å²) in [7, 11) is 1.77. The van der Waals surface area contributed by atoms with E-state index >= 15 is 0 Å². The molecule has 0 aliphatic heterocycles. The molecule has 1 aromatic carbocycles. The summed E-state index contributed by atoms with van der Waals surface area (Å²) >= 11 is 1.40. The molecule has 2 rings (SSSR count). The third-order valence-corrected chi connectivity index (χ3v) is 3.72. The topological polar surface area (TPSA) is 49.4 Å². The van der Waals surface area contributed by atoms with Crippen molar-refractivity contribution in [1.29, 1.82) is 0 Å². The van der Waals surface area contributed by atoms with Crippen molar-refractivity contribution in [2.75, 3.05) is 12.1 Å². The first kappa shape index (κ1) is 14.3. The van der Waals surface area contributed by atoms with E-state index in [-0.39, 0.29) is 24.5 Å². The molecule has 104 valence electrons. The number of ketones is 1. The van der Waals surface area contributed by atoms with Crippen molar-refractivity contribution >= 4 is 28.7 Å². The number of para-hydroxylation sites is 1. The van der Waals surface area contributed by atoms with E-state index < -0.39 is 0 Å². The molecule has 0 unspecified atom stereocenters. The van der Waals surface area contributed by atoms with E-state index in [0.717, 1.165) is 5.69 Å². The number of carbonyl (C=O) groups excluding carboxylic acids is 2. The minimum Gasteiger partial charge on any atom is -0.293 e. The Balaban J connectivity index is 1.80. The number of nitrogens with one attached hydrogen (secondary N) is 1. The summed E-state index contributed by atoms with van der Waals surface area (Å²) in [6, 6.07) is 13.1. The lowest BCUT2D eigenvalue weighted by molar-refractivity contribution is -0.121. The molecule has 20 heavy (non-hydrogen) atoms. The number of carbonyl (C=O) groups is 2. The summed E-state index contributed by atoms with van der Waals surface area (Å²) in [5, 5.41) is 3.51. The van der Waals surface area contributed by atoms with E-state index in [9.17, 15) is 9.59 Å². The van der Waals surface area contributed by atoms with Gasteiger partial charge in [-0.25, -0.2) is 0 Å². The van der Waals surface area contributed by atoms with E-state index in [1.165, 1.54) is 11.3 Å². The second kappa shape index (κ2) is 6.86. The zero-order chi connectivity index (χ0) is 14.4. The highest BCUT2D eigenvalue weighted by molar-refractivity contribution is 7.12. The number of amides is 1. The van der Waals surface area contributed by atoms with Gasteiger partial charge in [-0.3, -0.25) is 20.0 Å². The molecular formula is C15H16N2O2S. The maximum Gasteiger partial charge on any atom is 0.238 e. The highest BCUT2D eigenvalue weighted by atomic mass is 32.1. The van der Waals surface area contributed by atoms with Gasteiger partial charge >= 0.3 is 0 Å². The van der Waals surface area contributed by atoms with Crippen LogP contribution in [0, 0.1) is 0 Å². The number of hydrogen-bond donors (Lipinski definition) is 1. The summed E-state index contributed by atoms with van der Waals surface area (Å²) in [6.07, 6.45) is 0.420. The Kier molecular flexibility index (Phi) is 4.90. The molecule has 0 spiro atoms. The zero-order valence-corrected chi connectivity index (χ0v) is 12.0. The van der Waals surface area contributed by atoms with Gasteiger partial charge < -0.3 is 0 Å². The predicted molar refractivity (Wildman–Crippen MR) is 80.9 cm³/mol. The third-order valence-electron chi connectivity index (χ3n) is 2.81. The molecule has 0 fully saturated rings. The molecule has 2 aromatic rings. The molecule has 0 bridgehead atoms. The second-order valence-electron chi connectivity index (χ2n) is 4.33. The van der Waals surface area contributed by atoms with Crippen LogP contribution < -0.4 is 10.4 Å². The Labute approximate surface area is 122 Å². The van der Waals surface area contributed by atoms with Gasteiger partial charge in [0.2, 0.25) is 5.91 Å². The Bertz CT molecular complexity index is 567. The standard InChI is InChI=1S/C15H16N2O2S/c1-17(12-6-3-2-4-7-12)16-15(19)10-9-13(18)14-8-5-11-20-14/h2-8,11H,9-10H2,1H3,(H,16,19). The Morgan fingerprint density at radius 1 is 1.10 bits per heavy atom. The highest BCUT2D eigenvalue weighted by Gasteiger charge is 2.11. The van der Waals surface area contributed by atoms with Crippen LogP contribution in [0.1, 0.15) is 22.5 Å². The van der Waals surface area contributed by atoms with Crippen LogP contribution in [0.3, 0.4) is 0 Å². The van der Waals surface area contributed by atoms with Gasteiger partial charge in [0.25, 0.3) is 0 Å². The molecule has 1 N–H and O–H groups in total. The zero-order valence-electron chi connectivity index (χ0n) is 11.2. The fourth-order valence-electron chi connectivity index (χ4n) is 1.75. The fraction of sp³-hybridized carbons (Fsp3) is 0.200. The molecule has 0 saturated carbocycles. The van der Waals surface area contributed by atoms with Crippen LogP contribution in [0.15, 0.2) is 47.8 Å². The number of anilines is 1. The molecule has 0 atom stereocenters. The van der Waals surface area contributed by atoms with Crippen molar-refractivity contribution in [1.82, 2.24) is 5.43 Å². The molecule has 0 radical (unpaired) electrons. The Hall–Kier alpha value is -2.14. The first-order valence-electron chi connectivity index (χ1n) is 6.32. The Morgan fingerprint density at radius 2 is 1.85 bits per heavy atom. The number of hydrazine groups is 1. The van der Waals surface area contributed by atoms with Crippen molar-refractivity contribution in [2.24, 2.45) is 0 Å². The maximum atomic E-state index is 11.8. The van der Waals surface area contributed by atoms with Crippen molar-refractivity contribution in [3.8, 4) is 0 Å². The fourth-order valence-corrected chi connectivity index (χ4v) is 2.44. The normalized spacial score (nSPS) is 10.1. The molecule has 0 aliphatic carbocycles. The van der Waals surface area contributed by atoms with Gasteiger partial charge in [-0.2, -0.15) is 0 Å². The minimum atomic E-state index is -0.166. The van der Waals surface area contributed by atoms with Crippen LogP contribution in [-0.4, -0.2) is 18.7 Å². The Morgan fingerprint density at radius 3 is 2.50 bits per heavy atom. The summed E-state index contributed by atoms with van der Waals surface area (Å²) in [5.74, 6) is -0.154. The number of Topliss-reactive ketones (excluding diaryl/α,β-unsaturated/α-hetero) is 1. The minimum absolute atomic E-state index is 0.0116. The largest absolute Gasteiger partial charge is 0.293 e. The average molecular weight is 288 g/mol. The van der Waals surface area contributed by atoms with Crippen LogP contribution in [-0.2, 0) is 4.79 Å². The monoisotopic (exact) mass is 288 g/mol. The predicted octanol–water partition coefficient (Wildman–Crippen LogP) is 2.88. The van der Waals surface area contributed by atoms with E-state index in [1.54, 1.807) is 18.1 Å². The van der Waals surface area contributed by atoms with Crippen LogP contribution in [0.4, 0.5) is 5.69 Å². The number of benzene rings is 1. The van der Waals surface area contributed by atoms with Crippen molar-refractivity contribution < 1.29 is 9.59 Å². The van der Waals surface area contributed by atoms with Gasteiger partial charge in [0.15, 0.2) is 5.78 Å². The smallest absolute Gasteiger partial charge is 0.238 e. The van der Waals surface area contributed by atoms with E-state index in [4.69, 9.17) is 0 Å². The first-order valence-corrected chi connectivity index (χ1v) is 7.20. The van der Waals surface area contributed by atoms with Crippen LogP contribution in [0.25, 0.3) is 0 Å². The highest BCUT2D eigenvalue weighted by Crippen LogP contribution is 2.12. The van der Waals surface area contributed by atoms with Gasteiger partial charge in [-0.15, -0.1) is 11.3 Å². The first-order chi connectivity index (χ1) is 9.66. The lowest BCUT2D eigenvalue weighted by Gasteiger charge is -2.20. The lowest BCUT2D eigenvalue weighted by Crippen LogP contribution is -2.39. The molecule has 1 aromatic heterocycles. The molecule has 0 aliphatic rings. The number of nitrogens with zero attached hydrogens (tertiary/aromatic N) is 1. The molecule has 0 saturated heterocycles. The maximum absolute atomic E-state index is 11.8. The van der Waals surface area contributed by atoms with Gasteiger partial charge in [0.1, 0.15) is 0 Å². The van der Waals surface area contributed by atoms with E-state index in [0.29, 0.717) is 4.88 Å². The van der Waals surface area contributed by atoms with Crippen molar-refractivity contribution in [2.45, 2.75) is 12.8 Å². The third kappa shape index (κ3) is 3.93. The van der Waals surface area contributed by atoms with Gasteiger partial charge in [0.05, 0.1) is 10.6 Å². The summed E-state index contributed by atoms with van der Waals surface area (Å²) in [6.45, 7) is 0. The number of rotatable bonds is 6. The van der Waals surface area contributed by atoms with Crippen LogP contribution in [0.2, 0.25) is 0 Å². The number of thiophene rings is 1. The second-order valence-corrected chi connectivity index (χ2v) is 5.28. The summed E-state index contributed by atoms with van der Waals surface area (Å²) < 4.78 is 0. The summed E-state index contributed by atoms with van der Waals surface area (Å²) in [5.41, 5.74) is 3.64. The van der Waals surface area contributed by atoms with E-state index in [1.807, 2.05) is 41.8 Å². The van der Waals surface area contributed by atoms with Gasteiger partial charge in [-0.05, 0) is 23.6 Å². The van der Waals surface area contributed by atoms with Gasteiger partial charge in [0, 0.05) is 19.9 Å². The molecule has 5 heteroatoms. The SMILES string of the molecule is CN(NC(=O)CCC(=O)c1cccs1)c1ccccc1. The lowest BCUT2D eigenvalue weighted by atomic mass is 10.2. The van der Waals surface area contributed by atoms with Gasteiger partial charge in [-0.1, -0.05) is 24.3 Å². The van der Waals surface area contributed by atoms with Crippen LogP contribution in [0.5, 0.6) is 0 Å². The van der Waals surface area contributed by atoms with Crippen molar-refractivity contribution in [3.05, 3.63) is 52.7 Å². The quantitative estimate of drug-likeness (QED) is 0.657. The summed E-state index contributed by atoms with van der Waals surface area (Å²) in [4.78, 5) is 24.3.